The van der Waals surface area contributed by atoms with Gasteiger partial charge in [0, 0.05) is 0 Å². The van der Waals surface area contributed by atoms with Crippen LogP contribution in [-0.4, -0.2) is 20.2 Å². The number of rotatable bonds is 4. The highest BCUT2D eigenvalue weighted by molar-refractivity contribution is 7.91. The molecule has 102 valence electrons. The van der Waals surface area contributed by atoms with Crippen molar-refractivity contribution >= 4 is 15.6 Å². The Labute approximate surface area is 115 Å². The van der Waals surface area contributed by atoms with Crippen molar-refractivity contribution in [3.05, 3.63) is 54.1 Å². The molecule has 19 heavy (non-hydrogen) atoms. The normalized spacial score (nSPS) is 23.2. The van der Waals surface area contributed by atoms with E-state index in [1.807, 2.05) is 55.5 Å². The van der Waals surface area contributed by atoms with E-state index in [2.05, 4.69) is 4.72 Å². The highest BCUT2D eigenvalue weighted by Crippen LogP contribution is 2.34. The first-order valence-corrected chi connectivity index (χ1v) is 7.91. The first-order chi connectivity index (χ1) is 9.04. The lowest BCUT2D eigenvalue weighted by Crippen LogP contribution is -2.43. The van der Waals surface area contributed by atoms with Gasteiger partial charge < -0.3 is 0 Å². The van der Waals surface area contributed by atoms with Crippen LogP contribution >= 0.6 is 0 Å². The van der Waals surface area contributed by atoms with Gasteiger partial charge in [0.1, 0.15) is 4.75 Å². The Balaban J connectivity index is 2.32. The monoisotopic (exact) mass is 277 g/mol. The molecule has 3 nitrogen and oxygen atoms in total. The summed E-state index contributed by atoms with van der Waals surface area (Å²) in [4.78, 5) is 0. The predicted octanol–water partition coefficient (Wildman–Crippen LogP) is 2.73. The van der Waals surface area contributed by atoms with Gasteiger partial charge in [-0.3, -0.25) is 0 Å². The molecular formula is C15H19NO2S. The average Bonchev–Trinajstić information content (AvgIpc) is 2.48. The van der Waals surface area contributed by atoms with E-state index in [1.54, 1.807) is 0 Å². The van der Waals surface area contributed by atoms with Crippen molar-refractivity contribution < 1.29 is 8.42 Å². The minimum atomic E-state index is -3.32. The second-order valence-electron chi connectivity index (χ2n) is 4.69. The predicted molar refractivity (Wildman–Crippen MR) is 79.2 cm³/mol. The molecule has 0 saturated heterocycles. The lowest BCUT2D eigenvalue weighted by molar-refractivity contribution is 0.534. The van der Waals surface area contributed by atoms with E-state index < -0.39 is 14.8 Å². The van der Waals surface area contributed by atoms with Crippen LogP contribution in [0.1, 0.15) is 25.3 Å². The minimum absolute atomic E-state index is 0.507. The number of benzene rings is 1. The van der Waals surface area contributed by atoms with Crippen molar-refractivity contribution in [1.82, 2.24) is 4.72 Å². The molecule has 1 aromatic carbocycles. The van der Waals surface area contributed by atoms with E-state index in [-0.39, 0.29) is 0 Å². The molecule has 4 heteroatoms. The zero-order valence-electron chi connectivity index (χ0n) is 11.3. The van der Waals surface area contributed by atoms with Gasteiger partial charge in [0.05, 0.1) is 0 Å². The van der Waals surface area contributed by atoms with Gasteiger partial charge in [-0.15, -0.1) is 0 Å². The maximum atomic E-state index is 12.2. The quantitative estimate of drug-likeness (QED) is 0.920. The SMILES string of the molecule is CCC1(S(=O)(=O)NC)C=CC(c2ccccc2)=CC1. The third-order valence-corrected chi connectivity index (χ3v) is 5.94. The van der Waals surface area contributed by atoms with E-state index in [9.17, 15) is 8.42 Å². The van der Waals surface area contributed by atoms with Crippen LogP contribution in [0.25, 0.3) is 5.57 Å². The maximum absolute atomic E-state index is 12.2. The molecule has 0 bridgehead atoms. The first-order valence-electron chi connectivity index (χ1n) is 6.42. The summed E-state index contributed by atoms with van der Waals surface area (Å²) in [5.74, 6) is 0. The van der Waals surface area contributed by atoms with Crippen molar-refractivity contribution in [2.24, 2.45) is 0 Å². The summed E-state index contributed by atoms with van der Waals surface area (Å²) in [5, 5.41) is 0. The van der Waals surface area contributed by atoms with Gasteiger partial charge in [-0.25, -0.2) is 13.1 Å². The number of sulfonamides is 1. The van der Waals surface area contributed by atoms with Crippen LogP contribution in [0.4, 0.5) is 0 Å². The van der Waals surface area contributed by atoms with Gasteiger partial charge in [-0.05, 0) is 31.0 Å². The van der Waals surface area contributed by atoms with Crippen LogP contribution in [0.2, 0.25) is 0 Å². The molecule has 1 aliphatic rings. The third-order valence-electron chi connectivity index (χ3n) is 3.74. The summed E-state index contributed by atoms with van der Waals surface area (Å²) in [6.07, 6.45) is 6.81. The summed E-state index contributed by atoms with van der Waals surface area (Å²) >= 11 is 0. The van der Waals surface area contributed by atoms with E-state index in [0.717, 1.165) is 11.1 Å². The summed E-state index contributed by atoms with van der Waals surface area (Å²) in [5.41, 5.74) is 2.20. The van der Waals surface area contributed by atoms with Gasteiger partial charge >= 0.3 is 0 Å². The summed E-state index contributed by atoms with van der Waals surface area (Å²) in [7, 11) is -1.85. The van der Waals surface area contributed by atoms with Gasteiger partial charge in [-0.2, -0.15) is 0 Å². The van der Waals surface area contributed by atoms with Crippen molar-refractivity contribution in [2.45, 2.75) is 24.5 Å². The molecule has 0 amide bonds. The second-order valence-corrected chi connectivity index (χ2v) is 6.92. The fourth-order valence-electron chi connectivity index (χ4n) is 2.36. The Bertz CT molecular complexity index is 602. The molecule has 0 heterocycles. The molecule has 2 rings (SSSR count). The van der Waals surface area contributed by atoms with Crippen molar-refractivity contribution in [2.75, 3.05) is 7.05 Å². The Kier molecular flexibility index (Phi) is 3.92. The fourth-order valence-corrected chi connectivity index (χ4v) is 3.70. The second kappa shape index (κ2) is 5.31. The first kappa shape index (κ1) is 14.0. The average molecular weight is 277 g/mol. The molecule has 1 unspecified atom stereocenters. The van der Waals surface area contributed by atoms with E-state index in [4.69, 9.17) is 0 Å². The maximum Gasteiger partial charge on any atom is 0.221 e. The van der Waals surface area contributed by atoms with E-state index in [1.165, 1.54) is 7.05 Å². The topological polar surface area (TPSA) is 46.2 Å². The Morgan fingerprint density at radius 1 is 1.26 bits per heavy atom. The zero-order chi connectivity index (χ0) is 13.9. The molecule has 1 atom stereocenters. The smallest absolute Gasteiger partial charge is 0.218 e. The lowest BCUT2D eigenvalue weighted by atomic mass is 9.91. The van der Waals surface area contributed by atoms with Crippen molar-refractivity contribution in [1.29, 1.82) is 0 Å². The Morgan fingerprint density at radius 3 is 2.42 bits per heavy atom. The van der Waals surface area contributed by atoms with Crippen LogP contribution in [0.15, 0.2) is 48.6 Å². The van der Waals surface area contributed by atoms with Crippen LogP contribution in [0.5, 0.6) is 0 Å². The Hall–Kier alpha value is -1.39. The van der Waals surface area contributed by atoms with Gasteiger partial charge in [0.2, 0.25) is 10.0 Å². The molecule has 0 saturated carbocycles. The van der Waals surface area contributed by atoms with E-state index >= 15 is 0 Å². The van der Waals surface area contributed by atoms with E-state index in [0.29, 0.717) is 12.8 Å². The molecule has 1 N–H and O–H groups in total. The van der Waals surface area contributed by atoms with Crippen molar-refractivity contribution in [3.8, 4) is 0 Å². The summed E-state index contributed by atoms with van der Waals surface area (Å²) < 4.78 is 25.9. The number of hydrogen-bond donors (Lipinski definition) is 1. The molecule has 0 spiro atoms. The third kappa shape index (κ3) is 2.51. The van der Waals surface area contributed by atoms with Crippen LogP contribution < -0.4 is 4.72 Å². The van der Waals surface area contributed by atoms with Gasteiger partial charge in [0.15, 0.2) is 0 Å². The number of nitrogens with one attached hydrogen (secondary N) is 1. The van der Waals surface area contributed by atoms with Crippen LogP contribution in [-0.2, 0) is 10.0 Å². The van der Waals surface area contributed by atoms with Gasteiger partial charge in [-0.1, -0.05) is 55.5 Å². The molecule has 0 radical (unpaired) electrons. The molecule has 1 aliphatic carbocycles. The van der Waals surface area contributed by atoms with Crippen LogP contribution in [0.3, 0.4) is 0 Å². The number of allylic oxidation sites excluding steroid dienone is 3. The standard InChI is InChI=1S/C15H19NO2S/c1-3-15(19(17,18)16-2)11-9-14(10-12-15)13-7-5-4-6-8-13/h4-11,16H,3,12H2,1-2H3. The lowest BCUT2D eigenvalue weighted by Gasteiger charge is -2.30. The molecule has 0 fully saturated rings. The highest BCUT2D eigenvalue weighted by Gasteiger charge is 2.39. The summed E-state index contributed by atoms with van der Waals surface area (Å²) in [6, 6.07) is 9.99. The minimum Gasteiger partial charge on any atom is -0.218 e. The highest BCUT2D eigenvalue weighted by atomic mass is 32.2. The number of hydrogen-bond acceptors (Lipinski definition) is 2. The molecular weight excluding hydrogens is 258 g/mol. The largest absolute Gasteiger partial charge is 0.221 e. The Morgan fingerprint density at radius 2 is 1.95 bits per heavy atom. The summed E-state index contributed by atoms with van der Waals surface area (Å²) in [6.45, 7) is 1.90. The molecule has 0 aromatic heterocycles. The zero-order valence-corrected chi connectivity index (χ0v) is 12.1. The van der Waals surface area contributed by atoms with Crippen molar-refractivity contribution in [3.63, 3.8) is 0 Å². The van der Waals surface area contributed by atoms with Crippen LogP contribution in [0, 0.1) is 0 Å². The molecule has 1 aromatic rings. The molecule has 0 aliphatic heterocycles. The van der Waals surface area contributed by atoms with Gasteiger partial charge in [0.25, 0.3) is 0 Å². The fraction of sp³-hybridized carbons (Fsp3) is 0.333.